The van der Waals surface area contributed by atoms with Crippen molar-refractivity contribution in [2.45, 2.75) is 6.92 Å². The van der Waals surface area contributed by atoms with E-state index in [0.29, 0.717) is 11.3 Å². The lowest BCUT2D eigenvalue weighted by Gasteiger charge is -2.12. The molecule has 0 aliphatic carbocycles. The number of nitrogens with zero attached hydrogens (tertiary/aromatic N) is 3. The van der Waals surface area contributed by atoms with E-state index >= 15 is 0 Å². The average molecular weight is 349 g/mol. The molecule has 0 saturated heterocycles. The van der Waals surface area contributed by atoms with Crippen molar-refractivity contribution in [2.24, 2.45) is 5.73 Å². The molecule has 0 fully saturated rings. The van der Waals surface area contributed by atoms with Crippen LogP contribution in [0.2, 0.25) is 0 Å². The molecule has 0 unspecified atom stereocenters. The Hall–Kier alpha value is -3.48. The number of carbonyl (C=O) groups is 2. The number of rotatable bonds is 4. The van der Waals surface area contributed by atoms with Gasteiger partial charge in [0.1, 0.15) is 11.3 Å². The molecule has 0 saturated carbocycles. The minimum atomic E-state index is -0.510. The average Bonchev–Trinajstić information content (AvgIpc) is 3.01. The van der Waals surface area contributed by atoms with Crippen molar-refractivity contribution in [1.82, 2.24) is 19.9 Å². The van der Waals surface area contributed by atoms with Gasteiger partial charge in [0.05, 0.1) is 0 Å². The first kappa shape index (κ1) is 17.3. The van der Waals surface area contributed by atoms with Gasteiger partial charge in [0.2, 0.25) is 5.91 Å². The number of nitrogens with two attached hydrogens (primary N) is 1. The van der Waals surface area contributed by atoms with Crippen molar-refractivity contribution in [1.29, 1.82) is 0 Å². The number of aromatic nitrogens is 3. The van der Waals surface area contributed by atoms with E-state index in [1.54, 1.807) is 38.6 Å². The van der Waals surface area contributed by atoms with Gasteiger partial charge in [-0.25, -0.2) is 9.97 Å². The van der Waals surface area contributed by atoms with Gasteiger partial charge in [-0.1, -0.05) is 6.07 Å². The standard InChI is InChI=1S/C19H19N5O2/c1-11-14(5-6-16(23-11)19(26)24(2)3)13-8-15-12(4-7-17(20)25)9-21-18(15)22-10-13/h4-10H,1-3H3,(H2,20,25)(H,21,22). The normalized spacial score (nSPS) is 11.2. The van der Waals surface area contributed by atoms with Gasteiger partial charge >= 0.3 is 0 Å². The summed E-state index contributed by atoms with van der Waals surface area (Å²) in [5, 5.41) is 0.868. The van der Waals surface area contributed by atoms with Crippen LogP contribution in [0.5, 0.6) is 0 Å². The fourth-order valence-corrected chi connectivity index (χ4v) is 2.70. The monoisotopic (exact) mass is 349 g/mol. The molecule has 3 aromatic rings. The first-order valence-corrected chi connectivity index (χ1v) is 8.01. The third-order valence-electron chi connectivity index (χ3n) is 4.01. The Labute approximate surface area is 150 Å². The molecule has 7 heteroatoms. The fraction of sp³-hybridized carbons (Fsp3) is 0.158. The number of fused-ring (bicyclic) bond motifs is 1. The molecule has 7 nitrogen and oxygen atoms in total. The van der Waals surface area contributed by atoms with Crippen LogP contribution in [0.3, 0.4) is 0 Å². The molecular formula is C19H19N5O2. The third kappa shape index (κ3) is 3.32. The molecule has 132 valence electrons. The number of hydrogen-bond donors (Lipinski definition) is 2. The summed E-state index contributed by atoms with van der Waals surface area (Å²) in [7, 11) is 3.39. The number of primary amides is 1. The maximum absolute atomic E-state index is 12.1. The van der Waals surface area contributed by atoms with E-state index in [4.69, 9.17) is 5.73 Å². The van der Waals surface area contributed by atoms with Crippen LogP contribution in [0.25, 0.3) is 28.2 Å². The first-order chi connectivity index (χ1) is 12.4. The second-order valence-corrected chi connectivity index (χ2v) is 6.13. The minimum absolute atomic E-state index is 0.141. The number of carbonyl (C=O) groups excluding carboxylic acids is 2. The lowest BCUT2D eigenvalue weighted by molar-refractivity contribution is -0.113. The lowest BCUT2D eigenvalue weighted by atomic mass is 10.0. The highest BCUT2D eigenvalue weighted by Gasteiger charge is 2.13. The zero-order valence-corrected chi connectivity index (χ0v) is 14.8. The van der Waals surface area contributed by atoms with Crippen LogP contribution >= 0.6 is 0 Å². The molecule has 3 rings (SSSR count). The van der Waals surface area contributed by atoms with Crippen LogP contribution in [0.4, 0.5) is 0 Å². The van der Waals surface area contributed by atoms with E-state index in [2.05, 4.69) is 15.0 Å². The quantitative estimate of drug-likeness (QED) is 0.704. The molecule has 0 atom stereocenters. The van der Waals surface area contributed by atoms with Crippen LogP contribution < -0.4 is 5.73 Å². The van der Waals surface area contributed by atoms with Gasteiger partial charge in [-0.3, -0.25) is 9.59 Å². The number of pyridine rings is 2. The Kier molecular flexibility index (Phi) is 4.53. The van der Waals surface area contributed by atoms with Gasteiger partial charge in [0.25, 0.3) is 5.91 Å². The summed E-state index contributed by atoms with van der Waals surface area (Å²) in [6.07, 6.45) is 6.48. The minimum Gasteiger partial charge on any atom is -0.366 e. The second-order valence-electron chi connectivity index (χ2n) is 6.13. The summed E-state index contributed by atoms with van der Waals surface area (Å²) in [6.45, 7) is 1.86. The zero-order chi connectivity index (χ0) is 18.8. The molecule has 3 heterocycles. The maximum Gasteiger partial charge on any atom is 0.271 e. The predicted octanol–water partition coefficient (Wildman–Crippen LogP) is 2.13. The highest BCUT2D eigenvalue weighted by molar-refractivity contribution is 5.96. The number of nitrogens with one attached hydrogen (secondary N) is 1. The number of hydrogen-bond acceptors (Lipinski definition) is 4. The van der Waals surface area contributed by atoms with Crippen molar-refractivity contribution < 1.29 is 9.59 Å². The Bertz CT molecular complexity index is 1030. The predicted molar refractivity (Wildman–Crippen MR) is 100 cm³/mol. The van der Waals surface area contributed by atoms with Crippen LogP contribution in [0.15, 0.2) is 36.7 Å². The highest BCUT2D eigenvalue weighted by atomic mass is 16.2. The molecule has 3 aromatic heterocycles. The van der Waals surface area contributed by atoms with Crippen molar-refractivity contribution in [3.8, 4) is 11.1 Å². The van der Waals surface area contributed by atoms with Gasteiger partial charge in [0, 0.05) is 60.3 Å². The van der Waals surface area contributed by atoms with E-state index < -0.39 is 5.91 Å². The molecule has 0 radical (unpaired) electrons. The number of amides is 2. The van der Waals surface area contributed by atoms with E-state index in [-0.39, 0.29) is 5.91 Å². The Morgan fingerprint density at radius 3 is 2.69 bits per heavy atom. The summed E-state index contributed by atoms with van der Waals surface area (Å²) >= 11 is 0. The van der Waals surface area contributed by atoms with Crippen molar-refractivity contribution in [2.75, 3.05) is 14.1 Å². The van der Waals surface area contributed by atoms with Crippen molar-refractivity contribution >= 4 is 28.9 Å². The molecule has 0 spiro atoms. The third-order valence-corrected chi connectivity index (χ3v) is 4.01. The first-order valence-electron chi connectivity index (χ1n) is 8.01. The van der Waals surface area contributed by atoms with E-state index in [1.807, 2.05) is 19.1 Å². The SMILES string of the molecule is Cc1nc(C(=O)N(C)C)ccc1-c1cnc2[nH]cc(C=CC(N)=O)c2c1. The van der Waals surface area contributed by atoms with E-state index in [0.717, 1.165) is 27.8 Å². The van der Waals surface area contributed by atoms with E-state index in [9.17, 15) is 9.59 Å². The van der Waals surface area contributed by atoms with Crippen LogP contribution in [0.1, 0.15) is 21.7 Å². The maximum atomic E-state index is 12.1. The topological polar surface area (TPSA) is 105 Å². The van der Waals surface area contributed by atoms with Gasteiger partial charge in [0.15, 0.2) is 0 Å². The van der Waals surface area contributed by atoms with Crippen molar-refractivity contribution in [3.05, 3.63) is 53.6 Å². The smallest absolute Gasteiger partial charge is 0.271 e. The molecule has 0 aromatic carbocycles. The highest BCUT2D eigenvalue weighted by Crippen LogP contribution is 2.27. The zero-order valence-electron chi connectivity index (χ0n) is 14.8. The van der Waals surface area contributed by atoms with Gasteiger partial charge in [-0.15, -0.1) is 0 Å². The second kappa shape index (κ2) is 6.79. The summed E-state index contributed by atoms with van der Waals surface area (Å²) in [6, 6.07) is 5.55. The summed E-state index contributed by atoms with van der Waals surface area (Å²) < 4.78 is 0. The summed E-state index contributed by atoms with van der Waals surface area (Å²) in [5.41, 5.74) is 9.60. The molecule has 0 bridgehead atoms. The number of aromatic amines is 1. The van der Waals surface area contributed by atoms with Crippen LogP contribution in [-0.2, 0) is 4.79 Å². The largest absolute Gasteiger partial charge is 0.366 e. The Morgan fingerprint density at radius 1 is 1.27 bits per heavy atom. The molecule has 3 N–H and O–H groups in total. The lowest BCUT2D eigenvalue weighted by Crippen LogP contribution is -2.23. The van der Waals surface area contributed by atoms with Gasteiger partial charge < -0.3 is 15.6 Å². The van der Waals surface area contributed by atoms with Crippen LogP contribution in [-0.4, -0.2) is 45.8 Å². The molecular weight excluding hydrogens is 330 g/mol. The Balaban J connectivity index is 2.04. The summed E-state index contributed by atoms with van der Waals surface area (Å²) in [5.74, 6) is -0.651. The number of aryl methyl sites for hydroxylation is 1. The Morgan fingerprint density at radius 2 is 2.04 bits per heavy atom. The molecule has 0 aliphatic rings. The van der Waals surface area contributed by atoms with E-state index in [1.165, 1.54) is 11.0 Å². The van der Waals surface area contributed by atoms with Crippen LogP contribution in [0, 0.1) is 6.92 Å². The fourth-order valence-electron chi connectivity index (χ4n) is 2.70. The molecule has 2 amide bonds. The van der Waals surface area contributed by atoms with Crippen molar-refractivity contribution in [3.63, 3.8) is 0 Å². The van der Waals surface area contributed by atoms with Gasteiger partial charge in [-0.05, 0) is 25.1 Å². The number of H-pyrrole nitrogens is 1. The van der Waals surface area contributed by atoms with Gasteiger partial charge in [-0.2, -0.15) is 0 Å². The molecule has 26 heavy (non-hydrogen) atoms. The summed E-state index contributed by atoms with van der Waals surface area (Å²) in [4.78, 5) is 36.4. The molecule has 0 aliphatic heterocycles.